The van der Waals surface area contributed by atoms with Crippen molar-refractivity contribution in [2.24, 2.45) is 12.0 Å². The van der Waals surface area contributed by atoms with Crippen LogP contribution in [0.2, 0.25) is 0 Å². The lowest BCUT2D eigenvalue weighted by atomic mass is 10.1. The number of aromatic nitrogens is 2. The standard InChI is InChI=1S/C24H39N5O2/c1-7-21-20(22(8-2)29(5)28-21)17-27-24(25-9-3)26-16-19-12-11-18(4)15-23(19)31-14-10-13-30-6/h11-12,15H,7-10,13-14,16-17H2,1-6H3,(H2,25,26,27). The molecule has 0 saturated carbocycles. The Balaban J connectivity index is 2.11. The van der Waals surface area contributed by atoms with Gasteiger partial charge >= 0.3 is 0 Å². The summed E-state index contributed by atoms with van der Waals surface area (Å²) in [4.78, 5) is 4.81. The van der Waals surface area contributed by atoms with Crippen molar-refractivity contribution in [2.45, 2.75) is 60.0 Å². The average Bonchev–Trinajstić information content (AvgIpc) is 3.08. The highest BCUT2D eigenvalue weighted by molar-refractivity contribution is 5.79. The first kappa shape index (κ1) is 24.7. The van der Waals surface area contributed by atoms with Gasteiger partial charge in [-0.1, -0.05) is 26.0 Å². The molecule has 2 aromatic rings. The van der Waals surface area contributed by atoms with Crippen molar-refractivity contribution in [3.63, 3.8) is 0 Å². The Hall–Kier alpha value is -2.54. The maximum Gasteiger partial charge on any atom is 0.191 e. The summed E-state index contributed by atoms with van der Waals surface area (Å²) >= 11 is 0. The summed E-state index contributed by atoms with van der Waals surface area (Å²) in [6.07, 6.45) is 2.75. The lowest BCUT2D eigenvalue weighted by Crippen LogP contribution is -2.37. The summed E-state index contributed by atoms with van der Waals surface area (Å²) in [5.41, 5.74) is 5.94. The zero-order chi connectivity index (χ0) is 22.6. The molecule has 0 radical (unpaired) electrons. The number of rotatable bonds is 12. The predicted octanol–water partition coefficient (Wildman–Crippen LogP) is 3.52. The van der Waals surface area contributed by atoms with Gasteiger partial charge in [0.1, 0.15) is 5.75 Å². The summed E-state index contributed by atoms with van der Waals surface area (Å²) in [5, 5.41) is 11.5. The van der Waals surface area contributed by atoms with Crippen molar-refractivity contribution >= 4 is 5.96 Å². The van der Waals surface area contributed by atoms with Crippen LogP contribution in [0.1, 0.15) is 55.3 Å². The molecule has 0 amide bonds. The molecule has 0 unspecified atom stereocenters. The average molecular weight is 430 g/mol. The maximum absolute atomic E-state index is 6.00. The molecule has 0 aliphatic rings. The Labute approximate surface area is 187 Å². The van der Waals surface area contributed by atoms with Gasteiger partial charge in [0.2, 0.25) is 0 Å². The smallest absolute Gasteiger partial charge is 0.191 e. The van der Waals surface area contributed by atoms with Crippen LogP contribution in [-0.2, 0) is 37.7 Å². The summed E-state index contributed by atoms with van der Waals surface area (Å²) in [6.45, 7) is 11.9. The van der Waals surface area contributed by atoms with Crippen molar-refractivity contribution in [3.8, 4) is 5.75 Å². The number of methoxy groups -OCH3 is 1. The minimum atomic E-state index is 0.545. The first-order valence-electron chi connectivity index (χ1n) is 11.3. The second-order valence-electron chi connectivity index (χ2n) is 7.56. The van der Waals surface area contributed by atoms with Crippen LogP contribution < -0.4 is 15.4 Å². The molecule has 172 valence electrons. The van der Waals surface area contributed by atoms with E-state index in [0.29, 0.717) is 26.3 Å². The monoisotopic (exact) mass is 429 g/mol. The van der Waals surface area contributed by atoms with Crippen molar-refractivity contribution < 1.29 is 9.47 Å². The minimum Gasteiger partial charge on any atom is -0.493 e. The van der Waals surface area contributed by atoms with Crippen molar-refractivity contribution in [3.05, 3.63) is 46.3 Å². The van der Waals surface area contributed by atoms with E-state index in [1.165, 1.54) is 16.8 Å². The van der Waals surface area contributed by atoms with Crippen LogP contribution in [0, 0.1) is 6.92 Å². The van der Waals surface area contributed by atoms with Crippen molar-refractivity contribution in [2.75, 3.05) is 26.9 Å². The Morgan fingerprint density at radius 1 is 1.13 bits per heavy atom. The molecule has 7 heteroatoms. The number of aryl methyl sites for hydroxylation is 3. The Kier molecular flexibility index (Phi) is 10.4. The molecule has 0 saturated heterocycles. The molecule has 1 aromatic carbocycles. The molecular formula is C24H39N5O2. The lowest BCUT2D eigenvalue weighted by Gasteiger charge is -2.14. The van der Waals surface area contributed by atoms with Crippen molar-refractivity contribution in [1.29, 1.82) is 0 Å². The maximum atomic E-state index is 6.00. The van der Waals surface area contributed by atoms with E-state index < -0.39 is 0 Å². The fourth-order valence-electron chi connectivity index (χ4n) is 3.58. The van der Waals surface area contributed by atoms with E-state index >= 15 is 0 Å². The number of hydrogen-bond acceptors (Lipinski definition) is 4. The SMILES string of the molecule is CCNC(=NCc1ccc(C)cc1OCCCOC)NCc1c(CC)nn(C)c1CC. The molecule has 7 nitrogen and oxygen atoms in total. The third-order valence-corrected chi connectivity index (χ3v) is 5.19. The number of nitrogens with one attached hydrogen (secondary N) is 2. The summed E-state index contributed by atoms with van der Waals surface area (Å²) in [5.74, 6) is 1.69. The first-order chi connectivity index (χ1) is 15.0. The number of hydrogen-bond donors (Lipinski definition) is 2. The van der Waals surface area contributed by atoms with Gasteiger partial charge in [-0.3, -0.25) is 4.68 Å². The number of nitrogens with zero attached hydrogens (tertiary/aromatic N) is 3. The van der Waals surface area contributed by atoms with E-state index in [1.807, 2.05) is 11.7 Å². The largest absolute Gasteiger partial charge is 0.493 e. The van der Waals surface area contributed by atoms with E-state index in [1.54, 1.807) is 7.11 Å². The highest BCUT2D eigenvalue weighted by atomic mass is 16.5. The van der Waals surface area contributed by atoms with Gasteiger partial charge in [0.25, 0.3) is 0 Å². The minimum absolute atomic E-state index is 0.545. The molecule has 0 aliphatic carbocycles. The predicted molar refractivity (Wildman–Crippen MR) is 127 cm³/mol. The number of guanidine groups is 1. The van der Waals surface area contributed by atoms with Gasteiger partial charge in [-0.15, -0.1) is 0 Å². The van der Waals surface area contributed by atoms with Gasteiger partial charge in [-0.25, -0.2) is 4.99 Å². The Morgan fingerprint density at radius 3 is 2.61 bits per heavy atom. The molecule has 1 heterocycles. The van der Waals surface area contributed by atoms with E-state index in [2.05, 4.69) is 61.6 Å². The second-order valence-corrected chi connectivity index (χ2v) is 7.56. The van der Waals surface area contributed by atoms with Crippen LogP contribution >= 0.6 is 0 Å². The normalized spacial score (nSPS) is 11.6. The molecule has 31 heavy (non-hydrogen) atoms. The number of benzene rings is 1. The highest BCUT2D eigenvalue weighted by Gasteiger charge is 2.14. The van der Waals surface area contributed by atoms with Crippen LogP contribution in [0.25, 0.3) is 0 Å². The Bertz CT molecular complexity index is 845. The molecule has 0 atom stereocenters. The molecule has 0 aliphatic heterocycles. The van der Waals surface area contributed by atoms with Crippen molar-refractivity contribution in [1.82, 2.24) is 20.4 Å². The fourth-order valence-corrected chi connectivity index (χ4v) is 3.58. The van der Waals surface area contributed by atoms with Gasteiger partial charge in [0.05, 0.1) is 18.8 Å². The molecular weight excluding hydrogens is 390 g/mol. The topological polar surface area (TPSA) is 72.7 Å². The van der Waals surface area contributed by atoms with E-state index in [0.717, 1.165) is 48.8 Å². The van der Waals surface area contributed by atoms with Gasteiger partial charge in [0, 0.05) is 57.1 Å². The molecule has 2 N–H and O–H groups in total. The second kappa shape index (κ2) is 13.0. The first-order valence-corrected chi connectivity index (χ1v) is 11.3. The fraction of sp³-hybridized carbons (Fsp3) is 0.583. The molecule has 1 aromatic heterocycles. The van der Waals surface area contributed by atoms with Crippen LogP contribution in [0.5, 0.6) is 5.75 Å². The zero-order valence-electron chi connectivity index (χ0n) is 20.0. The molecule has 0 spiro atoms. The van der Waals surface area contributed by atoms with Crippen LogP contribution in [0.3, 0.4) is 0 Å². The highest BCUT2D eigenvalue weighted by Crippen LogP contribution is 2.21. The number of aliphatic imine (C=N–C) groups is 1. The lowest BCUT2D eigenvalue weighted by molar-refractivity contribution is 0.172. The van der Waals surface area contributed by atoms with Crippen LogP contribution in [0.4, 0.5) is 0 Å². The quantitative estimate of drug-likeness (QED) is 0.307. The molecule has 0 bridgehead atoms. The number of ether oxygens (including phenoxy) is 2. The third kappa shape index (κ3) is 7.28. The zero-order valence-corrected chi connectivity index (χ0v) is 20.0. The van der Waals surface area contributed by atoms with Gasteiger partial charge in [0.15, 0.2) is 5.96 Å². The van der Waals surface area contributed by atoms with Crippen LogP contribution in [-0.4, -0.2) is 42.6 Å². The van der Waals surface area contributed by atoms with E-state index in [4.69, 9.17) is 14.5 Å². The molecule has 2 rings (SSSR count). The summed E-state index contributed by atoms with van der Waals surface area (Å²) in [7, 11) is 3.73. The van der Waals surface area contributed by atoms with Gasteiger partial charge in [-0.05, 0) is 38.3 Å². The summed E-state index contributed by atoms with van der Waals surface area (Å²) in [6, 6.07) is 6.28. The van der Waals surface area contributed by atoms with E-state index in [-0.39, 0.29) is 0 Å². The Morgan fingerprint density at radius 2 is 1.94 bits per heavy atom. The van der Waals surface area contributed by atoms with Gasteiger partial charge in [-0.2, -0.15) is 5.10 Å². The van der Waals surface area contributed by atoms with E-state index in [9.17, 15) is 0 Å². The third-order valence-electron chi connectivity index (χ3n) is 5.19. The van der Waals surface area contributed by atoms with Crippen LogP contribution in [0.15, 0.2) is 23.2 Å². The summed E-state index contributed by atoms with van der Waals surface area (Å²) < 4.78 is 13.1. The van der Waals surface area contributed by atoms with Gasteiger partial charge < -0.3 is 20.1 Å². The molecule has 0 fully saturated rings.